The van der Waals surface area contributed by atoms with Gasteiger partial charge in [-0.05, 0) is 43.2 Å². The van der Waals surface area contributed by atoms with Crippen molar-refractivity contribution in [1.29, 1.82) is 0 Å². The van der Waals surface area contributed by atoms with Gasteiger partial charge in [0.2, 0.25) is 0 Å². The molecule has 0 N–H and O–H groups in total. The summed E-state index contributed by atoms with van der Waals surface area (Å²) in [5.41, 5.74) is 4.03. The number of ether oxygens (including phenoxy) is 1. The molecule has 0 amide bonds. The predicted octanol–water partition coefficient (Wildman–Crippen LogP) is 3.15. The van der Waals surface area contributed by atoms with Gasteiger partial charge in [-0.3, -0.25) is 4.79 Å². The van der Waals surface area contributed by atoms with E-state index in [0.29, 0.717) is 22.5 Å². The highest BCUT2D eigenvalue weighted by molar-refractivity contribution is 7.25. The summed E-state index contributed by atoms with van der Waals surface area (Å²) in [6, 6.07) is 9.60. The minimum Gasteiger partial charge on any atom is -0.380 e. The lowest BCUT2D eigenvalue weighted by molar-refractivity contribution is 0.186. The van der Waals surface area contributed by atoms with Gasteiger partial charge < -0.3 is 4.74 Å². The molecule has 4 aromatic rings. The van der Waals surface area contributed by atoms with Gasteiger partial charge in [0.25, 0.3) is 5.56 Å². The van der Waals surface area contributed by atoms with Crippen LogP contribution in [-0.2, 0) is 11.3 Å². The second-order valence-corrected chi connectivity index (χ2v) is 6.96. The number of benzene rings is 1. The molecular formula is C18H16N4O2S. The molecule has 0 unspecified atom stereocenters. The molecule has 25 heavy (non-hydrogen) atoms. The molecule has 126 valence electrons. The van der Waals surface area contributed by atoms with Crippen LogP contribution in [0.25, 0.3) is 26.1 Å². The van der Waals surface area contributed by atoms with Gasteiger partial charge in [-0.1, -0.05) is 17.3 Å². The molecule has 0 saturated carbocycles. The van der Waals surface area contributed by atoms with Crippen molar-refractivity contribution < 1.29 is 4.74 Å². The Kier molecular flexibility index (Phi) is 3.82. The van der Waals surface area contributed by atoms with Crippen molar-refractivity contribution in [2.24, 2.45) is 0 Å². The average molecular weight is 352 g/mol. The fourth-order valence-corrected chi connectivity index (χ4v) is 4.09. The molecule has 0 aliphatic rings. The summed E-state index contributed by atoms with van der Waals surface area (Å²) in [5, 5.41) is 9.35. The number of hydrogen-bond acceptors (Lipinski definition) is 6. The fourth-order valence-electron chi connectivity index (χ4n) is 2.96. The molecule has 0 aliphatic carbocycles. The molecule has 0 aliphatic heterocycles. The normalized spacial score (nSPS) is 11.5. The maximum atomic E-state index is 13.0. The number of hydrogen-bond donors (Lipinski definition) is 0. The van der Waals surface area contributed by atoms with Crippen molar-refractivity contribution in [3.8, 4) is 5.69 Å². The smallest absolute Gasteiger partial charge is 0.292 e. The zero-order valence-corrected chi connectivity index (χ0v) is 14.9. The van der Waals surface area contributed by atoms with E-state index < -0.39 is 0 Å². The number of fused-ring (bicyclic) bond motifs is 3. The maximum absolute atomic E-state index is 13.0. The number of aromatic nitrogens is 4. The predicted molar refractivity (Wildman–Crippen MR) is 98.5 cm³/mol. The molecule has 3 aromatic heterocycles. The molecule has 0 bridgehead atoms. The summed E-state index contributed by atoms with van der Waals surface area (Å²) < 4.78 is 7.19. The Hall–Kier alpha value is -2.64. The van der Waals surface area contributed by atoms with E-state index in [1.165, 1.54) is 16.0 Å². The molecule has 7 heteroatoms. The number of methoxy groups -OCH3 is 1. The quantitative estimate of drug-likeness (QED) is 0.566. The number of pyridine rings is 1. The minimum atomic E-state index is -0.181. The van der Waals surface area contributed by atoms with E-state index in [9.17, 15) is 4.79 Å². The molecule has 0 saturated heterocycles. The largest absolute Gasteiger partial charge is 0.380 e. The highest BCUT2D eigenvalue weighted by atomic mass is 32.1. The highest BCUT2D eigenvalue weighted by Crippen LogP contribution is 2.32. The first-order chi connectivity index (χ1) is 12.1. The Bertz CT molecular complexity index is 1160. The van der Waals surface area contributed by atoms with Crippen molar-refractivity contribution in [3.63, 3.8) is 0 Å². The van der Waals surface area contributed by atoms with E-state index in [1.54, 1.807) is 7.11 Å². The van der Waals surface area contributed by atoms with E-state index in [-0.39, 0.29) is 5.56 Å². The van der Waals surface area contributed by atoms with Crippen LogP contribution in [0.15, 0.2) is 35.1 Å². The summed E-state index contributed by atoms with van der Waals surface area (Å²) in [6.45, 7) is 4.34. The lowest BCUT2D eigenvalue weighted by Gasteiger charge is -2.05. The van der Waals surface area contributed by atoms with Gasteiger partial charge >= 0.3 is 0 Å². The van der Waals surface area contributed by atoms with E-state index in [0.717, 1.165) is 27.0 Å². The Labute approximate surface area is 147 Å². The van der Waals surface area contributed by atoms with Crippen LogP contribution in [0.2, 0.25) is 0 Å². The lowest BCUT2D eigenvalue weighted by Crippen LogP contribution is -2.21. The maximum Gasteiger partial charge on any atom is 0.292 e. The summed E-state index contributed by atoms with van der Waals surface area (Å²) >= 11 is 1.35. The molecule has 0 spiro atoms. The molecular weight excluding hydrogens is 336 g/mol. The first kappa shape index (κ1) is 15.9. The lowest BCUT2D eigenvalue weighted by atomic mass is 10.1. The van der Waals surface area contributed by atoms with Crippen molar-refractivity contribution >= 4 is 31.8 Å². The van der Waals surface area contributed by atoms with Crippen LogP contribution in [-0.4, -0.2) is 27.1 Å². The third kappa shape index (κ3) is 2.61. The zero-order valence-electron chi connectivity index (χ0n) is 14.1. The van der Waals surface area contributed by atoms with Crippen LogP contribution in [0, 0.1) is 13.8 Å². The fraction of sp³-hybridized carbons (Fsp3) is 0.222. The van der Waals surface area contributed by atoms with Gasteiger partial charge in [0.15, 0.2) is 0 Å². The number of thiophene rings is 1. The van der Waals surface area contributed by atoms with Crippen LogP contribution in [0.1, 0.15) is 16.8 Å². The minimum absolute atomic E-state index is 0.181. The molecule has 0 radical (unpaired) electrons. The van der Waals surface area contributed by atoms with E-state index in [4.69, 9.17) is 4.74 Å². The van der Waals surface area contributed by atoms with Gasteiger partial charge in [-0.2, -0.15) is 4.68 Å². The van der Waals surface area contributed by atoms with Gasteiger partial charge in [0, 0.05) is 18.2 Å². The van der Waals surface area contributed by atoms with E-state index >= 15 is 0 Å². The van der Waals surface area contributed by atoms with Crippen LogP contribution in [0.4, 0.5) is 0 Å². The monoisotopic (exact) mass is 352 g/mol. The van der Waals surface area contributed by atoms with Crippen molar-refractivity contribution in [2.75, 3.05) is 7.11 Å². The summed E-state index contributed by atoms with van der Waals surface area (Å²) in [4.78, 5) is 18.3. The SMILES string of the molecule is COCc1cc(C)nc2sc3c(=O)n(-c4cccc(C)c4)nnc3c12. The summed E-state index contributed by atoms with van der Waals surface area (Å²) in [5.74, 6) is 0. The zero-order chi connectivity index (χ0) is 17.6. The van der Waals surface area contributed by atoms with Gasteiger partial charge in [-0.25, -0.2) is 4.98 Å². The topological polar surface area (TPSA) is 69.9 Å². The highest BCUT2D eigenvalue weighted by Gasteiger charge is 2.17. The third-order valence-corrected chi connectivity index (χ3v) is 5.07. The van der Waals surface area contributed by atoms with Gasteiger partial charge in [0.05, 0.1) is 12.3 Å². The summed E-state index contributed by atoms with van der Waals surface area (Å²) in [6.07, 6.45) is 0. The summed E-state index contributed by atoms with van der Waals surface area (Å²) in [7, 11) is 1.65. The van der Waals surface area contributed by atoms with Gasteiger partial charge in [-0.15, -0.1) is 16.4 Å². The van der Waals surface area contributed by atoms with Crippen LogP contribution in [0.3, 0.4) is 0 Å². The first-order valence-corrected chi connectivity index (χ1v) is 8.65. The van der Waals surface area contributed by atoms with Crippen LogP contribution in [0.5, 0.6) is 0 Å². The van der Waals surface area contributed by atoms with Gasteiger partial charge in [0.1, 0.15) is 15.0 Å². The first-order valence-electron chi connectivity index (χ1n) is 7.83. The van der Waals surface area contributed by atoms with Crippen molar-refractivity contribution in [2.45, 2.75) is 20.5 Å². The van der Waals surface area contributed by atoms with Crippen LogP contribution < -0.4 is 5.56 Å². The molecule has 6 nitrogen and oxygen atoms in total. The Morgan fingerprint density at radius 1 is 1.24 bits per heavy atom. The molecule has 0 fully saturated rings. The van der Waals surface area contributed by atoms with E-state index in [2.05, 4.69) is 15.3 Å². The number of rotatable bonds is 3. The average Bonchev–Trinajstić information content (AvgIpc) is 2.94. The Balaban J connectivity index is 2.04. The number of nitrogens with zero attached hydrogens (tertiary/aromatic N) is 4. The molecule has 1 aromatic carbocycles. The Morgan fingerprint density at radius 3 is 2.84 bits per heavy atom. The van der Waals surface area contributed by atoms with Crippen molar-refractivity contribution in [1.82, 2.24) is 20.0 Å². The molecule has 0 atom stereocenters. The second kappa shape index (κ2) is 6.02. The Morgan fingerprint density at radius 2 is 2.08 bits per heavy atom. The van der Waals surface area contributed by atoms with E-state index in [1.807, 2.05) is 44.2 Å². The molecule has 3 heterocycles. The van der Waals surface area contributed by atoms with Crippen molar-refractivity contribution in [3.05, 3.63) is 57.5 Å². The number of aryl methyl sites for hydroxylation is 2. The standard InChI is InChI=1S/C18H16N4O2S/c1-10-5-4-6-13(7-10)22-18(23)16-15(20-21-22)14-12(9-24-3)8-11(2)19-17(14)25-16/h4-8H,9H2,1-3H3. The molecule has 4 rings (SSSR count). The third-order valence-electron chi connectivity index (χ3n) is 4.01. The van der Waals surface area contributed by atoms with Crippen LogP contribution >= 0.6 is 11.3 Å². The second-order valence-electron chi connectivity index (χ2n) is 5.96.